The van der Waals surface area contributed by atoms with Crippen molar-refractivity contribution in [1.82, 2.24) is 35.0 Å². The number of H-pyrrole nitrogens is 2. The van der Waals surface area contributed by atoms with E-state index in [2.05, 4.69) is 73.5 Å². The first-order chi connectivity index (χ1) is 22.6. The van der Waals surface area contributed by atoms with Crippen molar-refractivity contribution < 1.29 is 9.53 Å². The van der Waals surface area contributed by atoms with Crippen molar-refractivity contribution in [1.29, 1.82) is 0 Å². The lowest BCUT2D eigenvalue weighted by molar-refractivity contribution is -0.121. The monoisotopic (exact) mass is 609 g/mol. The molecule has 1 atom stereocenters. The van der Waals surface area contributed by atoms with Gasteiger partial charge in [-0.15, -0.1) is 10.2 Å². The minimum Gasteiger partial charge on any atom is -0.497 e. The van der Waals surface area contributed by atoms with Gasteiger partial charge in [-0.2, -0.15) is 0 Å². The highest BCUT2D eigenvalue weighted by molar-refractivity contribution is 5.84. The zero-order valence-electron chi connectivity index (χ0n) is 25.6. The molecule has 0 aliphatic carbocycles. The Balaban J connectivity index is 1.25. The molecule has 0 radical (unpaired) electrons. The lowest BCUT2D eigenvalue weighted by Gasteiger charge is -2.20. The number of hydrogen-bond donors (Lipinski definition) is 3. The van der Waals surface area contributed by atoms with Crippen molar-refractivity contribution in [2.24, 2.45) is 0 Å². The lowest BCUT2D eigenvalue weighted by atomic mass is 10.0. The first-order valence-corrected chi connectivity index (χ1v) is 15.5. The number of nitrogens with one attached hydrogen (secondary N) is 3. The van der Waals surface area contributed by atoms with Gasteiger partial charge in [0.2, 0.25) is 5.91 Å². The summed E-state index contributed by atoms with van der Waals surface area (Å²) >= 11 is 0. The molecule has 230 valence electrons. The van der Waals surface area contributed by atoms with E-state index in [1.807, 2.05) is 54.7 Å². The highest BCUT2D eigenvalue weighted by atomic mass is 16.5. The molecule has 1 amide bonds. The SMILES string of the molecule is COc1ccc(Cn2c(CCc3c[nH]c4ccccc34)nnc2C(Cc2c[nH]c3ccccc23)NC(=O)Cc2ccccn2)cc1. The summed E-state index contributed by atoms with van der Waals surface area (Å²) in [5, 5.41) is 15.1. The molecule has 7 aromatic rings. The average Bonchev–Trinajstić information content (AvgIpc) is 3.81. The van der Waals surface area contributed by atoms with E-state index < -0.39 is 6.04 Å². The maximum absolute atomic E-state index is 13.5. The summed E-state index contributed by atoms with van der Waals surface area (Å²) in [6.45, 7) is 0.552. The number of aromatic amines is 2. The van der Waals surface area contributed by atoms with Gasteiger partial charge < -0.3 is 24.6 Å². The summed E-state index contributed by atoms with van der Waals surface area (Å²) < 4.78 is 7.57. The molecule has 0 aliphatic rings. The van der Waals surface area contributed by atoms with E-state index in [-0.39, 0.29) is 12.3 Å². The van der Waals surface area contributed by atoms with Crippen LogP contribution >= 0.6 is 0 Å². The number of para-hydroxylation sites is 2. The van der Waals surface area contributed by atoms with Gasteiger partial charge in [-0.1, -0.05) is 54.6 Å². The van der Waals surface area contributed by atoms with Gasteiger partial charge in [0.25, 0.3) is 0 Å². The Kier molecular flexibility index (Phi) is 8.28. The number of carbonyl (C=O) groups excluding carboxylic acids is 1. The number of amides is 1. The number of ether oxygens (including phenoxy) is 1. The maximum Gasteiger partial charge on any atom is 0.226 e. The van der Waals surface area contributed by atoms with E-state index in [1.165, 1.54) is 10.9 Å². The minimum atomic E-state index is -0.428. The van der Waals surface area contributed by atoms with E-state index >= 15 is 0 Å². The smallest absolute Gasteiger partial charge is 0.226 e. The van der Waals surface area contributed by atoms with Gasteiger partial charge in [0.05, 0.1) is 26.1 Å². The van der Waals surface area contributed by atoms with Gasteiger partial charge in [0, 0.05) is 58.9 Å². The molecule has 4 heterocycles. The summed E-state index contributed by atoms with van der Waals surface area (Å²) in [6, 6.07) is 29.7. The van der Waals surface area contributed by atoms with Crippen molar-refractivity contribution in [3.8, 4) is 5.75 Å². The van der Waals surface area contributed by atoms with Crippen molar-refractivity contribution >= 4 is 27.7 Å². The zero-order valence-corrected chi connectivity index (χ0v) is 25.6. The number of aromatic nitrogens is 6. The van der Waals surface area contributed by atoms with Crippen LogP contribution in [0.15, 0.2) is 110 Å². The van der Waals surface area contributed by atoms with Gasteiger partial charge >= 0.3 is 0 Å². The summed E-state index contributed by atoms with van der Waals surface area (Å²) in [6.07, 6.45) is 8.00. The normalized spacial score (nSPS) is 12.0. The van der Waals surface area contributed by atoms with Crippen molar-refractivity contribution in [3.05, 3.63) is 144 Å². The molecule has 0 saturated carbocycles. The Hall–Kier alpha value is -5.70. The molecule has 0 aliphatic heterocycles. The standard InChI is InChI=1S/C37H35N7O2/c1-46-29-16-13-25(14-17-29)24-44-35(18-15-26-22-39-32-11-4-2-9-30(26)32)42-43-37(44)34(41-36(45)21-28-8-6-7-19-38-28)20-27-23-40-33-12-5-3-10-31(27)33/h2-14,16-17,19,22-23,34,39-40H,15,18,20-21,24H2,1H3,(H,41,45). The summed E-state index contributed by atoms with van der Waals surface area (Å²) in [4.78, 5) is 24.6. The number of hydrogen-bond acceptors (Lipinski definition) is 5. The third-order valence-electron chi connectivity index (χ3n) is 8.46. The fourth-order valence-electron chi connectivity index (χ4n) is 6.10. The van der Waals surface area contributed by atoms with Crippen LogP contribution in [0.4, 0.5) is 0 Å². The number of nitrogens with zero attached hydrogens (tertiary/aromatic N) is 4. The van der Waals surface area contributed by atoms with E-state index in [1.54, 1.807) is 13.3 Å². The van der Waals surface area contributed by atoms with Crippen LogP contribution in [-0.4, -0.2) is 42.7 Å². The number of fused-ring (bicyclic) bond motifs is 2. The van der Waals surface area contributed by atoms with Crippen LogP contribution in [0.2, 0.25) is 0 Å². The largest absolute Gasteiger partial charge is 0.497 e. The van der Waals surface area contributed by atoms with Gasteiger partial charge in [-0.05, 0) is 59.5 Å². The molecular formula is C37H35N7O2. The second kappa shape index (κ2) is 13.1. The Labute approximate surface area is 266 Å². The van der Waals surface area contributed by atoms with Crippen molar-refractivity contribution in [2.75, 3.05) is 7.11 Å². The fourth-order valence-corrected chi connectivity index (χ4v) is 6.10. The van der Waals surface area contributed by atoms with Crippen LogP contribution in [0, 0.1) is 0 Å². The molecule has 3 aromatic carbocycles. The summed E-state index contributed by atoms with van der Waals surface area (Å²) in [7, 11) is 1.67. The highest BCUT2D eigenvalue weighted by Gasteiger charge is 2.25. The second-order valence-corrected chi connectivity index (χ2v) is 11.4. The molecule has 1 unspecified atom stereocenters. The molecule has 0 fully saturated rings. The molecule has 9 nitrogen and oxygen atoms in total. The van der Waals surface area contributed by atoms with Crippen LogP contribution < -0.4 is 10.1 Å². The number of benzene rings is 3. The lowest BCUT2D eigenvalue weighted by Crippen LogP contribution is -2.33. The number of methoxy groups -OCH3 is 1. The Morgan fingerprint density at radius 3 is 2.24 bits per heavy atom. The van der Waals surface area contributed by atoms with Crippen LogP contribution in [0.3, 0.4) is 0 Å². The van der Waals surface area contributed by atoms with E-state index in [4.69, 9.17) is 14.9 Å². The van der Waals surface area contributed by atoms with Crippen LogP contribution in [0.25, 0.3) is 21.8 Å². The topological polar surface area (TPSA) is 114 Å². The molecule has 0 saturated heterocycles. The molecule has 0 spiro atoms. The first-order valence-electron chi connectivity index (χ1n) is 15.5. The predicted molar refractivity (Wildman–Crippen MR) is 179 cm³/mol. The Bertz CT molecular complexity index is 2080. The van der Waals surface area contributed by atoms with E-state index in [9.17, 15) is 4.79 Å². The number of rotatable bonds is 12. The molecule has 7 rings (SSSR count). The number of aryl methyl sites for hydroxylation is 2. The fraction of sp³-hybridized carbons (Fsp3) is 0.189. The zero-order chi connectivity index (χ0) is 31.3. The molecule has 3 N–H and O–H groups in total. The predicted octanol–water partition coefficient (Wildman–Crippen LogP) is 6.12. The van der Waals surface area contributed by atoms with Gasteiger partial charge in [0.1, 0.15) is 11.6 Å². The van der Waals surface area contributed by atoms with Crippen LogP contribution in [0.5, 0.6) is 5.75 Å². The van der Waals surface area contributed by atoms with Gasteiger partial charge in [-0.3, -0.25) is 9.78 Å². The molecule has 0 bridgehead atoms. The second-order valence-electron chi connectivity index (χ2n) is 11.4. The average molecular weight is 610 g/mol. The Morgan fingerprint density at radius 1 is 0.826 bits per heavy atom. The quantitative estimate of drug-likeness (QED) is 0.155. The van der Waals surface area contributed by atoms with Gasteiger partial charge in [-0.25, -0.2) is 0 Å². The van der Waals surface area contributed by atoms with Crippen molar-refractivity contribution in [3.63, 3.8) is 0 Å². The third kappa shape index (κ3) is 6.25. The van der Waals surface area contributed by atoms with E-state index in [0.717, 1.165) is 45.5 Å². The van der Waals surface area contributed by atoms with Gasteiger partial charge in [0.15, 0.2) is 5.82 Å². The summed E-state index contributed by atoms with van der Waals surface area (Å²) in [5.41, 5.74) is 6.29. The van der Waals surface area contributed by atoms with Crippen LogP contribution in [-0.2, 0) is 37.0 Å². The third-order valence-corrected chi connectivity index (χ3v) is 8.46. The molecular weight excluding hydrogens is 574 g/mol. The molecule has 46 heavy (non-hydrogen) atoms. The Morgan fingerprint density at radius 2 is 1.52 bits per heavy atom. The first kappa shape index (κ1) is 29.0. The molecule has 4 aromatic heterocycles. The minimum absolute atomic E-state index is 0.122. The van der Waals surface area contributed by atoms with Crippen molar-refractivity contribution in [2.45, 2.75) is 38.3 Å². The summed E-state index contributed by atoms with van der Waals surface area (Å²) in [5.74, 6) is 2.25. The molecule has 9 heteroatoms. The number of carbonyl (C=O) groups is 1. The van der Waals surface area contributed by atoms with E-state index in [0.29, 0.717) is 30.9 Å². The van der Waals surface area contributed by atoms with Crippen LogP contribution in [0.1, 0.15) is 40.1 Å². The number of pyridine rings is 1. The maximum atomic E-state index is 13.5. The highest BCUT2D eigenvalue weighted by Crippen LogP contribution is 2.26.